The zero-order valence-corrected chi connectivity index (χ0v) is 24.5. The van der Waals surface area contributed by atoms with Crippen LogP contribution in [0.2, 0.25) is 0 Å². The number of amides is 1. The lowest BCUT2D eigenvalue weighted by molar-refractivity contribution is -0.113. The minimum atomic E-state index is -3.63. The lowest BCUT2D eigenvalue weighted by atomic mass is 10.1. The van der Waals surface area contributed by atoms with Crippen molar-refractivity contribution in [1.29, 1.82) is 0 Å². The Balaban J connectivity index is 1.08. The van der Waals surface area contributed by atoms with E-state index in [4.69, 9.17) is 4.74 Å². The number of carbonyl (C=O) groups excluding carboxylic acids is 1. The highest BCUT2D eigenvalue weighted by atomic mass is 32.2. The van der Waals surface area contributed by atoms with Crippen LogP contribution in [-0.4, -0.2) is 74.9 Å². The number of nitrogens with one attached hydrogen (secondary N) is 2. The third-order valence-corrected chi connectivity index (χ3v) is 8.91. The third-order valence-electron chi connectivity index (χ3n) is 7.65. The molecule has 1 unspecified atom stereocenters. The highest BCUT2D eigenvalue weighted by Crippen LogP contribution is 2.30. The van der Waals surface area contributed by atoms with Crippen LogP contribution in [0.4, 0.5) is 17.2 Å². The number of rotatable bonds is 9. The van der Waals surface area contributed by atoms with Crippen molar-refractivity contribution in [3.8, 4) is 11.3 Å². The molecule has 43 heavy (non-hydrogen) atoms. The summed E-state index contributed by atoms with van der Waals surface area (Å²) in [4.78, 5) is 31.9. The van der Waals surface area contributed by atoms with Crippen molar-refractivity contribution in [3.05, 3.63) is 79.1 Å². The molecule has 11 nitrogen and oxygen atoms in total. The van der Waals surface area contributed by atoms with Crippen molar-refractivity contribution in [2.45, 2.75) is 12.2 Å². The molecule has 4 heterocycles. The number of aromatic nitrogens is 3. The van der Waals surface area contributed by atoms with E-state index in [0.29, 0.717) is 24.5 Å². The summed E-state index contributed by atoms with van der Waals surface area (Å²) in [6.07, 6.45) is 5.35. The fraction of sp³-hybridized carbons (Fsp3) is 0.290. The topological polar surface area (TPSA) is 133 Å². The van der Waals surface area contributed by atoms with Crippen molar-refractivity contribution in [2.24, 2.45) is 10.9 Å². The number of benzene rings is 2. The van der Waals surface area contributed by atoms with Crippen LogP contribution in [0, 0.1) is 5.92 Å². The smallest absolute Gasteiger partial charge is 0.268 e. The molecule has 2 aliphatic heterocycles. The molecule has 6 rings (SSSR count). The molecule has 0 saturated carbocycles. The molecule has 0 bridgehead atoms. The van der Waals surface area contributed by atoms with Gasteiger partial charge in [-0.3, -0.25) is 9.52 Å². The summed E-state index contributed by atoms with van der Waals surface area (Å²) in [5.41, 5.74) is 4.73. The second-order valence-electron chi connectivity index (χ2n) is 10.7. The summed E-state index contributed by atoms with van der Waals surface area (Å²) in [6, 6.07) is 16.8. The molecule has 2 N–H and O–H groups in total. The van der Waals surface area contributed by atoms with Gasteiger partial charge in [0.1, 0.15) is 17.8 Å². The molecule has 1 atom stereocenters. The maximum Gasteiger partial charge on any atom is 0.268 e. The molecule has 12 heteroatoms. The first-order chi connectivity index (χ1) is 20.9. The quantitative estimate of drug-likeness (QED) is 0.218. The zero-order valence-electron chi connectivity index (χ0n) is 23.6. The largest absolute Gasteiger partial charge is 0.378 e. The number of aliphatic imine (C=N–C) groups is 1. The number of carbonyl (C=O) groups is 1. The van der Waals surface area contributed by atoms with Crippen molar-refractivity contribution in [1.82, 2.24) is 15.0 Å². The number of hydrogen-bond donors (Lipinski definition) is 2. The van der Waals surface area contributed by atoms with E-state index in [1.54, 1.807) is 24.7 Å². The molecule has 2 fully saturated rings. The van der Waals surface area contributed by atoms with Gasteiger partial charge in [0.05, 0.1) is 24.4 Å². The Morgan fingerprint density at radius 3 is 2.58 bits per heavy atom. The number of anilines is 3. The number of aromatic amines is 1. The summed E-state index contributed by atoms with van der Waals surface area (Å²) < 4.78 is 34.1. The van der Waals surface area contributed by atoms with Crippen LogP contribution in [0.1, 0.15) is 12.0 Å². The molecule has 0 spiro atoms. The lowest BCUT2D eigenvalue weighted by Gasteiger charge is -2.27. The van der Waals surface area contributed by atoms with Crippen molar-refractivity contribution < 1.29 is 17.9 Å². The van der Waals surface area contributed by atoms with Crippen LogP contribution in [0.25, 0.3) is 22.3 Å². The summed E-state index contributed by atoms with van der Waals surface area (Å²) in [6.45, 7) is 7.92. The molecule has 1 amide bonds. The molecule has 4 aromatic rings. The number of hydrogen-bond acceptors (Lipinski definition) is 8. The normalized spacial score (nSPS) is 17.5. The first-order valence-corrected chi connectivity index (χ1v) is 15.8. The summed E-state index contributed by atoms with van der Waals surface area (Å²) >= 11 is 0. The summed E-state index contributed by atoms with van der Waals surface area (Å²) in [7, 11) is -3.63. The third kappa shape index (κ3) is 6.76. The predicted molar refractivity (Wildman–Crippen MR) is 169 cm³/mol. The number of H-pyrrole nitrogens is 1. The molecular formula is C31H33N7O4S. The monoisotopic (exact) mass is 599 g/mol. The molecule has 222 valence electrons. The van der Waals surface area contributed by atoms with E-state index in [1.807, 2.05) is 42.5 Å². The van der Waals surface area contributed by atoms with Crippen molar-refractivity contribution in [2.75, 3.05) is 53.9 Å². The molecule has 0 aliphatic carbocycles. The molecular weight excluding hydrogens is 566 g/mol. The Hall–Kier alpha value is -4.55. The first-order valence-electron chi connectivity index (χ1n) is 14.2. The lowest BCUT2D eigenvalue weighted by Crippen LogP contribution is -2.36. The number of sulfonamides is 1. The molecule has 2 aromatic heterocycles. The van der Waals surface area contributed by atoms with Crippen molar-refractivity contribution >= 4 is 50.4 Å². The van der Waals surface area contributed by atoms with Gasteiger partial charge < -0.3 is 19.5 Å². The Bertz CT molecular complexity index is 1750. The fourth-order valence-electron chi connectivity index (χ4n) is 5.44. The van der Waals surface area contributed by atoms with Gasteiger partial charge in [-0.05, 0) is 54.0 Å². The van der Waals surface area contributed by atoms with Gasteiger partial charge in [-0.2, -0.15) is 0 Å². The molecule has 2 saturated heterocycles. The highest BCUT2D eigenvalue weighted by Gasteiger charge is 2.22. The average Bonchev–Trinajstić information content (AvgIpc) is 3.68. The highest BCUT2D eigenvalue weighted by molar-refractivity contribution is 7.91. The number of nitrogens with zero attached hydrogens (tertiary/aromatic N) is 5. The predicted octanol–water partition coefficient (Wildman–Crippen LogP) is 4.01. The van der Waals surface area contributed by atoms with Gasteiger partial charge in [-0.25, -0.2) is 23.4 Å². The summed E-state index contributed by atoms with van der Waals surface area (Å²) in [5.74, 6) is 0.594. The average molecular weight is 600 g/mol. The number of fused-ring (bicyclic) bond motifs is 1. The van der Waals surface area contributed by atoms with E-state index in [1.165, 1.54) is 6.08 Å². The van der Waals surface area contributed by atoms with Gasteiger partial charge in [-0.1, -0.05) is 30.8 Å². The van der Waals surface area contributed by atoms with Crippen LogP contribution in [0.5, 0.6) is 0 Å². The van der Waals surface area contributed by atoms with Gasteiger partial charge in [0.2, 0.25) is 10.0 Å². The van der Waals surface area contributed by atoms with E-state index in [9.17, 15) is 13.2 Å². The van der Waals surface area contributed by atoms with Gasteiger partial charge in [-0.15, -0.1) is 0 Å². The fourth-order valence-corrected chi connectivity index (χ4v) is 6.64. The van der Waals surface area contributed by atoms with E-state index in [2.05, 4.69) is 41.0 Å². The van der Waals surface area contributed by atoms with E-state index in [-0.39, 0.29) is 17.6 Å². The SMILES string of the molecule is C=CC(=O)N=CC1CCN(c2ccc(CS(=O)(=O)Nc3ccc(-c4cc5c(N6CCOCC6)ncnc5[nH]4)cc3)cc2)C1. The van der Waals surface area contributed by atoms with E-state index >= 15 is 0 Å². The van der Waals surface area contributed by atoms with Crippen LogP contribution < -0.4 is 14.5 Å². The number of ether oxygens (including phenoxy) is 1. The number of morpholine rings is 1. The Labute approximate surface area is 250 Å². The summed E-state index contributed by atoms with van der Waals surface area (Å²) in [5, 5.41) is 0.939. The van der Waals surface area contributed by atoms with Gasteiger partial charge in [0.15, 0.2) is 0 Å². The minimum absolute atomic E-state index is 0.140. The van der Waals surface area contributed by atoms with Gasteiger partial charge in [0.25, 0.3) is 5.91 Å². The Morgan fingerprint density at radius 2 is 1.84 bits per heavy atom. The standard InChI is InChI=1S/C31H33N7O4S/c1-2-29(39)32-18-23-11-12-38(19-23)26-9-3-22(4-10-26)20-43(40,41)36-25-7-5-24(6-8-25)28-17-27-30(35-28)33-21-34-31(27)37-13-15-42-16-14-37/h2-10,17-18,21,23,36H,1,11-16,19-20H2,(H,33,34,35). The van der Waals surface area contributed by atoms with Gasteiger partial charge >= 0.3 is 0 Å². The second kappa shape index (κ2) is 12.4. The zero-order chi connectivity index (χ0) is 29.8. The van der Waals surface area contributed by atoms with Crippen LogP contribution in [0.15, 0.2) is 78.6 Å². The van der Waals surface area contributed by atoms with E-state index in [0.717, 1.165) is 66.4 Å². The minimum Gasteiger partial charge on any atom is -0.378 e. The molecule has 0 radical (unpaired) electrons. The second-order valence-corrected chi connectivity index (χ2v) is 12.4. The van der Waals surface area contributed by atoms with Crippen LogP contribution >= 0.6 is 0 Å². The van der Waals surface area contributed by atoms with Gasteiger partial charge in [0, 0.05) is 55.4 Å². The van der Waals surface area contributed by atoms with Crippen molar-refractivity contribution in [3.63, 3.8) is 0 Å². The maximum absolute atomic E-state index is 13.0. The first kappa shape index (κ1) is 28.6. The molecule has 2 aromatic carbocycles. The van der Waals surface area contributed by atoms with Crippen LogP contribution in [0.3, 0.4) is 0 Å². The van der Waals surface area contributed by atoms with E-state index < -0.39 is 10.0 Å². The molecule has 2 aliphatic rings. The van der Waals surface area contributed by atoms with Crippen LogP contribution in [-0.2, 0) is 25.3 Å². The maximum atomic E-state index is 13.0. The Morgan fingerprint density at radius 1 is 1.07 bits per heavy atom. The Kier molecular flexibility index (Phi) is 8.21.